The van der Waals surface area contributed by atoms with Crippen molar-refractivity contribution in [3.63, 3.8) is 0 Å². The molecule has 8 nitrogen and oxygen atoms in total. The van der Waals surface area contributed by atoms with Gasteiger partial charge in [0, 0.05) is 11.8 Å². The van der Waals surface area contributed by atoms with Crippen molar-refractivity contribution in [1.29, 1.82) is 0 Å². The first-order valence-electron chi connectivity index (χ1n) is 10.5. The Morgan fingerprint density at radius 1 is 1.00 bits per heavy atom. The SMILES string of the molecule is COc1cc(C(=O)Nc2ccc(F)c(C(F)(F)F)c2)c(NC(=O)c2c(OC)ccc3nc(C)sc23)cn1. The Balaban J connectivity index is 1.70. The van der Waals surface area contributed by atoms with Crippen LogP contribution in [-0.4, -0.2) is 36.0 Å². The van der Waals surface area contributed by atoms with Gasteiger partial charge in [0.15, 0.2) is 0 Å². The lowest BCUT2D eigenvalue weighted by Crippen LogP contribution is -2.20. The summed E-state index contributed by atoms with van der Waals surface area (Å²) in [5.41, 5.74) is -1.30. The monoisotopic (exact) mass is 534 g/mol. The summed E-state index contributed by atoms with van der Waals surface area (Å²) in [4.78, 5) is 34.8. The van der Waals surface area contributed by atoms with E-state index in [1.54, 1.807) is 19.1 Å². The fourth-order valence-corrected chi connectivity index (χ4v) is 4.46. The molecule has 0 aliphatic carbocycles. The van der Waals surface area contributed by atoms with Crippen LogP contribution in [0, 0.1) is 12.7 Å². The summed E-state index contributed by atoms with van der Waals surface area (Å²) in [7, 11) is 2.70. The number of thiazole rings is 1. The lowest BCUT2D eigenvalue weighted by Gasteiger charge is -2.15. The van der Waals surface area contributed by atoms with E-state index < -0.39 is 29.4 Å². The number of nitrogens with zero attached hydrogens (tertiary/aromatic N) is 2. The molecule has 0 aliphatic heterocycles. The average Bonchev–Trinajstić information content (AvgIpc) is 3.23. The Hall–Kier alpha value is -4.26. The van der Waals surface area contributed by atoms with Crippen molar-refractivity contribution in [2.75, 3.05) is 24.9 Å². The first-order chi connectivity index (χ1) is 17.5. The molecule has 2 heterocycles. The normalized spacial score (nSPS) is 11.3. The van der Waals surface area contributed by atoms with Crippen molar-refractivity contribution in [2.45, 2.75) is 13.1 Å². The summed E-state index contributed by atoms with van der Waals surface area (Å²) in [6, 6.07) is 6.55. The predicted octanol–water partition coefficient (Wildman–Crippen LogP) is 5.68. The Kier molecular flexibility index (Phi) is 6.99. The van der Waals surface area contributed by atoms with E-state index >= 15 is 0 Å². The summed E-state index contributed by atoms with van der Waals surface area (Å²) in [5, 5.41) is 5.62. The number of hydrogen-bond donors (Lipinski definition) is 2. The number of benzene rings is 2. The third-order valence-corrected chi connectivity index (χ3v) is 6.19. The second kappa shape index (κ2) is 10.0. The van der Waals surface area contributed by atoms with Crippen LogP contribution in [0.15, 0.2) is 42.6 Å². The second-order valence-corrected chi connectivity index (χ2v) is 8.80. The molecule has 0 spiro atoms. The highest BCUT2D eigenvalue weighted by molar-refractivity contribution is 7.19. The molecule has 2 amide bonds. The first-order valence-corrected chi connectivity index (χ1v) is 11.3. The highest BCUT2D eigenvalue weighted by atomic mass is 32.1. The molecule has 37 heavy (non-hydrogen) atoms. The maximum absolute atomic E-state index is 13.6. The van der Waals surface area contributed by atoms with Crippen molar-refractivity contribution in [1.82, 2.24) is 9.97 Å². The molecule has 0 fully saturated rings. The van der Waals surface area contributed by atoms with E-state index in [1.165, 1.54) is 37.8 Å². The molecule has 4 rings (SSSR count). The molecule has 0 saturated heterocycles. The van der Waals surface area contributed by atoms with Crippen molar-refractivity contribution in [3.05, 3.63) is 70.1 Å². The van der Waals surface area contributed by atoms with Crippen LogP contribution in [0.5, 0.6) is 11.6 Å². The largest absolute Gasteiger partial charge is 0.496 e. The van der Waals surface area contributed by atoms with Gasteiger partial charge >= 0.3 is 6.18 Å². The van der Waals surface area contributed by atoms with Crippen molar-refractivity contribution in [3.8, 4) is 11.6 Å². The van der Waals surface area contributed by atoms with E-state index in [0.717, 1.165) is 11.1 Å². The average molecular weight is 534 g/mol. The molecule has 0 atom stereocenters. The molecule has 2 N–H and O–H groups in total. The minimum Gasteiger partial charge on any atom is -0.496 e. The number of carbonyl (C=O) groups excluding carboxylic acids is 2. The van der Waals surface area contributed by atoms with Gasteiger partial charge in [-0.25, -0.2) is 14.4 Å². The van der Waals surface area contributed by atoms with Gasteiger partial charge in [-0.2, -0.15) is 13.2 Å². The molecule has 0 unspecified atom stereocenters. The summed E-state index contributed by atoms with van der Waals surface area (Å²) in [6.45, 7) is 1.79. The fraction of sp³-hybridized carbons (Fsp3) is 0.167. The van der Waals surface area contributed by atoms with Gasteiger partial charge < -0.3 is 20.1 Å². The number of amides is 2. The van der Waals surface area contributed by atoms with Gasteiger partial charge in [-0.15, -0.1) is 11.3 Å². The number of nitrogens with one attached hydrogen (secondary N) is 2. The zero-order chi connectivity index (χ0) is 26.9. The second-order valence-electron chi connectivity index (χ2n) is 7.60. The number of aryl methyl sites for hydroxylation is 1. The number of hydrogen-bond acceptors (Lipinski definition) is 7. The molecular weight excluding hydrogens is 516 g/mol. The van der Waals surface area contributed by atoms with Gasteiger partial charge in [0.25, 0.3) is 11.8 Å². The van der Waals surface area contributed by atoms with Crippen LogP contribution >= 0.6 is 11.3 Å². The number of pyridine rings is 1. The van der Waals surface area contributed by atoms with Crippen LogP contribution in [0.2, 0.25) is 0 Å². The highest BCUT2D eigenvalue weighted by Crippen LogP contribution is 2.35. The van der Waals surface area contributed by atoms with E-state index in [-0.39, 0.29) is 34.1 Å². The van der Waals surface area contributed by atoms with Gasteiger partial charge in [-0.1, -0.05) is 0 Å². The molecule has 192 valence electrons. The van der Waals surface area contributed by atoms with E-state index in [9.17, 15) is 27.2 Å². The smallest absolute Gasteiger partial charge is 0.419 e. The van der Waals surface area contributed by atoms with Crippen LogP contribution in [-0.2, 0) is 6.18 Å². The summed E-state index contributed by atoms with van der Waals surface area (Å²) < 4.78 is 63.9. The summed E-state index contributed by atoms with van der Waals surface area (Å²) >= 11 is 1.28. The molecule has 0 bridgehead atoms. The maximum Gasteiger partial charge on any atom is 0.419 e. The standard InChI is InChI=1S/C24H18F4N4O4S/c1-11-30-16-6-7-18(35-2)20(21(16)37-11)23(34)32-17-10-29-19(36-3)9-13(17)22(33)31-12-4-5-15(25)14(8-12)24(26,27)28/h4-10H,1-3H3,(H,31,33)(H,32,34). The summed E-state index contributed by atoms with van der Waals surface area (Å²) in [6.07, 6.45) is -3.79. The Morgan fingerprint density at radius 3 is 2.43 bits per heavy atom. The predicted molar refractivity (Wildman–Crippen MR) is 129 cm³/mol. The van der Waals surface area contributed by atoms with Crippen LogP contribution in [0.1, 0.15) is 31.3 Å². The Bertz CT molecular complexity index is 1520. The van der Waals surface area contributed by atoms with E-state index in [0.29, 0.717) is 22.3 Å². The number of rotatable bonds is 6. The van der Waals surface area contributed by atoms with Crippen LogP contribution in [0.3, 0.4) is 0 Å². The number of halogens is 4. The van der Waals surface area contributed by atoms with Gasteiger partial charge in [0.2, 0.25) is 5.88 Å². The quantitative estimate of drug-likeness (QED) is 0.309. The molecule has 4 aromatic rings. The minimum absolute atomic E-state index is 0.0102. The number of carbonyl (C=O) groups is 2. The Labute approximate surface area is 211 Å². The number of fused-ring (bicyclic) bond motifs is 1. The molecule has 2 aromatic heterocycles. The van der Waals surface area contributed by atoms with Gasteiger partial charge in [0.1, 0.15) is 17.1 Å². The van der Waals surface area contributed by atoms with E-state index in [2.05, 4.69) is 20.6 Å². The molecule has 0 radical (unpaired) electrons. The molecule has 0 aliphatic rings. The van der Waals surface area contributed by atoms with Crippen LogP contribution < -0.4 is 20.1 Å². The first kappa shape index (κ1) is 25.8. The number of methoxy groups -OCH3 is 2. The topological polar surface area (TPSA) is 102 Å². The number of alkyl halides is 3. The Morgan fingerprint density at radius 2 is 1.76 bits per heavy atom. The van der Waals surface area contributed by atoms with Gasteiger partial charge in [0.05, 0.1) is 52.5 Å². The fourth-order valence-electron chi connectivity index (χ4n) is 3.51. The van der Waals surface area contributed by atoms with Gasteiger partial charge in [-0.05, 0) is 37.3 Å². The third-order valence-electron chi connectivity index (χ3n) is 5.18. The van der Waals surface area contributed by atoms with E-state index in [1.807, 2.05) is 0 Å². The van der Waals surface area contributed by atoms with Gasteiger partial charge in [-0.3, -0.25) is 9.59 Å². The van der Waals surface area contributed by atoms with Crippen LogP contribution in [0.25, 0.3) is 10.2 Å². The molecule has 13 heteroatoms. The van der Waals surface area contributed by atoms with E-state index in [4.69, 9.17) is 9.47 Å². The number of aromatic nitrogens is 2. The minimum atomic E-state index is -4.96. The summed E-state index contributed by atoms with van der Waals surface area (Å²) in [5.74, 6) is -2.73. The maximum atomic E-state index is 13.6. The highest BCUT2D eigenvalue weighted by Gasteiger charge is 2.34. The number of ether oxygens (including phenoxy) is 2. The van der Waals surface area contributed by atoms with Crippen molar-refractivity contribution in [2.24, 2.45) is 0 Å². The molecule has 0 saturated carbocycles. The van der Waals surface area contributed by atoms with Crippen molar-refractivity contribution < 1.29 is 36.6 Å². The lowest BCUT2D eigenvalue weighted by molar-refractivity contribution is -0.139. The van der Waals surface area contributed by atoms with Crippen LogP contribution in [0.4, 0.5) is 28.9 Å². The molecule has 2 aromatic carbocycles. The lowest BCUT2D eigenvalue weighted by atomic mass is 10.1. The van der Waals surface area contributed by atoms with Crippen molar-refractivity contribution >= 4 is 44.7 Å². The molecular formula is C24H18F4N4O4S. The zero-order valence-electron chi connectivity index (χ0n) is 19.5. The number of anilines is 2. The zero-order valence-corrected chi connectivity index (χ0v) is 20.3. The third kappa shape index (κ3) is 5.31.